The number of aromatic hydroxyl groups is 2. The van der Waals surface area contributed by atoms with Crippen molar-refractivity contribution >= 4 is 11.5 Å². The molecule has 0 fully saturated rings. The van der Waals surface area contributed by atoms with Gasteiger partial charge in [0.1, 0.15) is 28.9 Å². The first kappa shape index (κ1) is 14.3. The van der Waals surface area contributed by atoms with E-state index in [1.165, 1.54) is 0 Å². The summed E-state index contributed by atoms with van der Waals surface area (Å²) in [6, 6.07) is 7.11. The van der Waals surface area contributed by atoms with E-state index < -0.39 is 6.10 Å². The second-order valence-electron chi connectivity index (χ2n) is 5.55. The number of rotatable bonds is 1. The number of anilines is 1. The van der Waals surface area contributed by atoms with Crippen molar-refractivity contribution in [2.75, 3.05) is 5.73 Å². The van der Waals surface area contributed by atoms with Crippen LogP contribution in [0.4, 0.5) is 5.69 Å². The highest BCUT2D eigenvalue weighted by molar-refractivity contribution is 6.03. The maximum Gasteiger partial charge on any atom is 0.174 e. The number of Topliss-reactive ketones (excluding diaryl/α,β-unsaturated/α-hetero) is 1. The zero-order valence-electron chi connectivity index (χ0n) is 12.4. The number of phenolic OH excluding ortho intramolecular Hbond substituents is 2. The highest BCUT2D eigenvalue weighted by Crippen LogP contribution is 2.47. The minimum atomic E-state index is -0.458. The van der Waals surface area contributed by atoms with E-state index in [4.69, 9.17) is 10.5 Å². The van der Waals surface area contributed by atoms with Gasteiger partial charge in [0.15, 0.2) is 5.78 Å². The lowest BCUT2D eigenvalue weighted by atomic mass is 9.91. The molecule has 2 aromatic rings. The van der Waals surface area contributed by atoms with Gasteiger partial charge in [0, 0.05) is 16.8 Å². The molecular weight excluding hydrogens is 282 g/mol. The molecule has 5 nitrogen and oxygen atoms in total. The fraction of sp³-hybridized carbons (Fsp3) is 0.235. The molecule has 0 bridgehead atoms. The molecule has 1 unspecified atom stereocenters. The zero-order valence-corrected chi connectivity index (χ0v) is 12.4. The van der Waals surface area contributed by atoms with Crippen LogP contribution in [-0.2, 0) is 0 Å². The van der Waals surface area contributed by atoms with Crippen molar-refractivity contribution in [3.8, 4) is 17.2 Å². The Bertz CT molecular complexity index is 765. The molecule has 1 aliphatic rings. The van der Waals surface area contributed by atoms with Crippen molar-refractivity contribution in [2.45, 2.75) is 26.4 Å². The molecular formula is C17H17NO4. The van der Waals surface area contributed by atoms with Crippen LogP contribution in [-0.4, -0.2) is 16.0 Å². The standard InChI is InChI=1S/C17H17NO4/c1-8-15(20)9(2)17-14(16(8)21)12(19)7-13(22-17)10-3-5-11(18)6-4-10/h3-6,13,20-21H,7,18H2,1-2H3. The van der Waals surface area contributed by atoms with Crippen molar-refractivity contribution in [1.29, 1.82) is 0 Å². The van der Waals surface area contributed by atoms with Gasteiger partial charge >= 0.3 is 0 Å². The molecule has 5 heteroatoms. The largest absolute Gasteiger partial charge is 0.507 e. The van der Waals surface area contributed by atoms with Crippen molar-refractivity contribution in [3.05, 3.63) is 46.5 Å². The summed E-state index contributed by atoms with van der Waals surface area (Å²) in [7, 11) is 0. The van der Waals surface area contributed by atoms with Crippen LogP contribution in [0.2, 0.25) is 0 Å². The summed E-state index contributed by atoms with van der Waals surface area (Å²) < 4.78 is 5.89. The number of ketones is 1. The number of nitrogen functional groups attached to an aromatic ring is 1. The fourth-order valence-corrected chi connectivity index (χ4v) is 2.74. The van der Waals surface area contributed by atoms with Crippen LogP contribution in [0.1, 0.15) is 39.6 Å². The SMILES string of the molecule is Cc1c(O)c(C)c2c(c1O)C(=O)CC(c1ccc(N)cc1)O2. The van der Waals surface area contributed by atoms with Crippen LogP contribution in [0.3, 0.4) is 0 Å². The van der Waals surface area contributed by atoms with Gasteiger partial charge in [-0.15, -0.1) is 0 Å². The molecule has 1 aliphatic heterocycles. The van der Waals surface area contributed by atoms with Gasteiger partial charge in [-0.3, -0.25) is 4.79 Å². The Kier molecular flexibility index (Phi) is 3.20. The number of hydrogen-bond donors (Lipinski definition) is 3. The molecule has 0 radical (unpaired) electrons. The lowest BCUT2D eigenvalue weighted by Gasteiger charge is -2.28. The first-order chi connectivity index (χ1) is 10.4. The highest BCUT2D eigenvalue weighted by atomic mass is 16.5. The first-order valence-corrected chi connectivity index (χ1v) is 7.00. The van der Waals surface area contributed by atoms with Crippen LogP contribution >= 0.6 is 0 Å². The normalized spacial score (nSPS) is 17.0. The summed E-state index contributed by atoms with van der Waals surface area (Å²) in [6.07, 6.45) is -0.325. The number of carbonyl (C=O) groups excluding carboxylic acids is 1. The third-order valence-corrected chi connectivity index (χ3v) is 4.09. The second-order valence-corrected chi connectivity index (χ2v) is 5.55. The molecule has 2 aromatic carbocycles. The Balaban J connectivity index is 2.09. The highest BCUT2D eigenvalue weighted by Gasteiger charge is 2.33. The van der Waals surface area contributed by atoms with Gasteiger partial charge in [-0.1, -0.05) is 12.1 Å². The Hall–Kier alpha value is -2.69. The number of hydrogen-bond acceptors (Lipinski definition) is 5. The second kappa shape index (κ2) is 4.94. The van der Waals surface area contributed by atoms with Crippen molar-refractivity contribution in [3.63, 3.8) is 0 Å². The molecule has 22 heavy (non-hydrogen) atoms. The Morgan fingerprint density at radius 1 is 1.09 bits per heavy atom. The predicted octanol–water partition coefficient (Wildman–Crippen LogP) is 3.00. The van der Waals surface area contributed by atoms with E-state index in [0.29, 0.717) is 16.8 Å². The van der Waals surface area contributed by atoms with Gasteiger partial charge in [0.05, 0.1) is 6.42 Å². The topological polar surface area (TPSA) is 92.8 Å². The van der Waals surface area contributed by atoms with Gasteiger partial charge in [-0.05, 0) is 31.5 Å². The monoisotopic (exact) mass is 299 g/mol. The number of ether oxygens (including phenoxy) is 1. The fourth-order valence-electron chi connectivity index (χ4n) is 2.74. The molecule has 114 valence electrons. The Morgan fingerprint density at radius 3 is 2.36 bits per heavy atom. The number of carbonyl (C=O) groups is 1. The summed E-state index contributed by atoms with van der Waals surface area (Å²) in [5.41, 5.74) is 8.03. The Labute approximate surface area is 128 Å². The predicted molar refractivity (Wildman–Crippen MR) is 82.4 cm³/mol. The van der Waals surface area contributed by atoms with Gasteiger partial charge in [0.25, 0.3) is 0 Å². The van der Waals surface area contributed by atoms with E-state index in [-0.39, 0.29) is 35.0 Å². The quantitative estimate of drug-likeness (QED) is 0.704. The van der Waals surface area contributed by atoms with Crippen molar-refractivity contribution < 1.29 is 19.7 Å². The van der Waals surface area contributed by atoms with E-state index in [1.807, 2.05) is 12.1 Å². The average Bonchev–Trinajstić information content (AvgIpc) is 2.50. The third-order valence-electron chi connectivity index (χ3n) is 4.09. The molecule has 1 atom stereocenters. The summed E-state index contributed by atoms with van der Waals surface area (Å²) in [6.45, 7) is 3.23. The molecule has 1 heterocycles. The van der Waals surface area contributed by atoms with E-state index in [9.17, 15) is 15.0 Å². The van der Waals surface area contributed by atoms with Crippen LogP contribution in [0.5, 0.6) is 17.2 Å². The molecule has 0 spiro atoms. The van der Waals surface area contributed by atoms with Crippen LogP contribution in [0, 0.1) is 13.8 Å². The number of benzene rings is 2. The molecule has 4 N–H and O–H groups in total. The van der Waals surface area contributed by atoms with Crippen LogP contribution in [0.15, 0.2) is 24.3 Å². The Morgan fingerprint density at radius 2 is 1.73 bits per heavy atom. The maximum absolute atomic E-state index is 12.4. The molecule has 3 rings (SSSR count). The average molecular weight is 299 g/mol. The molecule has 0 aliphatic carbocycles. The third kappa shape index (κ3) is 2.06. The van der Waals surface area contributed by atoms with E-state index in [0.717, 1.165) is 5.56 Å². The van der Waals surface area contributed by atoms with Crippen molar-refractivity contribution in [2.24, 2.45) is 0 Å². The number of fused-ring (bicyclic) bond motifs is 1. The van der Waals surface area contributed by atoms with Crippen LogP contribution in [0.25, 0.3) is 0 Å². The van der Waals surface area contributed by atoms with E-state index >= 15 is 0 Å². The lowest BCUT2D eigenvalue weighted by molar-refractivity contribution is 0.0842. The number of nitrogens with two attached hydrogens (primary N) is 1. The van der Waals surface area contributed by atoms with Crippen LogP contribution < -0.4 is 10.5 Å². The summed E-state index contributed by atoms with van der Waals surface area (Å²) in [5, 5.41) is 20.2. The number of phenols is 2. The smallest absolute Gasteiger partial charge is 0.174 e. The van der Waals surface area contributed by atoms with Crippen molar-refractivity contribution in [1.82, 2.24) is 0 Å². The van der Waals surface area contributed by atoms with Gasteiger partial charge in [0.2, 0.25) is 0 Å². The molecule has 0 aromatic heterocycles. The lowest BCUT2D eigenvalue weighted by Crippen LogP contribution is -2.21. The summed E-state index contributed by atoms with van der Waals surface area (Å²) >= 11 is 0. The zero-order chi connectivity index (χ0) is 16.0. The van der Waals surface area contributed by atoms with Gasteiger partial charge in [-0.2, -0.15) is 0 Å². The minimum absolute atomic E-state index is 0.0537. The minimum Gasteiger partial charge on any atom is -0.507 e. The van der Waals surface area contributed by atoms with E-state index in [1.54, 1.807) is 26.0 Å². The molecule has 0 saturated carbocycles. The van der Waals surface area contributed by atoms with Gasteiger partial charge in [-0.25, -0.2) is 0 Å². The summed E-state index contributed by atoms with van der Waals surface area (Å²) in [4.78, 5) is 12.4. The first-order valence-electron chi connectivity index (χ1n) is 7.00. The van der Waals surface area contributed by atoms with Gasteiger partial charge < -0.3 is 20.7 Å². The summed E-state index contributed by atoms with van der Waals surface area (Å²) in [5.74, 6) is -0.216. The maximum atomic E-state index is 12.4. The molecule has 0 saturated heterocycles. The molecule has 0 amide bonds. The van der Waals surface area contributed by atoms with E-state index in [2.05, 4.69) is 0 Å².